The zero-order valence-electron chi connectivity index (χ0n) is 11.7. The Bertz CT molecular complexity index is 487. The van der Waals surface area contributed by atoms with Crippen LogP contribution >= 0.6 is 0 Å². The fourth-order valence-electron chi connectivity index (χ4n) is 2.28. The first-order chi connectivity index (χ1) is 9.85. The Balaban J connectivity index is 2.14. The molecule has 2 atom stereocenters. The second-order valence-electron chi connectivity index (χ2n) is 4.73. The average Bonchev–Trinajstić information content (AvgIpc) is 2.53. The molecule has 0 bridgehead atoms. The number of nitrogens with one attached hydrogen (secondary N) is 1. The molecular formula is C17H21NO2. The Hall–Kier alpha value is -1.68. The molecule has 0 spiro atoms. The highest BCUT2D eigenvalue weighted by Gasteiger charge is 2.17. The molecule has 106 valence electrons. The number of benzene rings is 2. The summed E-state index contributed by atoms with van der Waals surface area (Å²) in [7, 11) is 1.69. The van der Waals surface area contributed by atoms with E-state index in [0.29, 0.717) is 6.61 Å². The molecule has 0 amide bonds. The molecule has 0 heterocycles. The van der Waals surface area contributed by atoms with Gasteiger partial charge in [-0.1, -0.05) is 60.7 Å². The minimum atomic E-state index is -0.100. The molecule has 3 nitrogen and oxygen atoms in total. The highest BCUT2D eigenvalue weighted by atomic mass is 16.5. The van der Waals surface area contributed by atoms with Crippen LogP contribution < -0.4 is 5.32 Å². The van der Waals surface area contributed by atoms with E-state index in [4.69, 9.17) is 4.74 Å². The van der Waals surface area contributed by atoms with E-state index in [2.05, 4.69) is 17.4 Å². The summed E-state index contributed by atoms with van der Waals surface area (Å²) in [5.41, 5.74) is 2.23. The van der Waals surface area contributed by atoms with Crippen molar-refractivity contribution < 1.29 is 9.84 Å². The van der Waals surface area contributed by atoms with Crippen LogP contribution in [0.15, 0.2) is 60.7 Å². The van der Waals surface area contributed by atoms with Crippen molar-refractivity contribution in [2.45, 2.75) is 12.1 Å². The van der Waals surface area contributed by atoms with Crippen LogP contribution in [-0.4, -0.2) is 25.4 Å². The molecule has 2 N–H and O–H groups in total. The van der Waals surface area contributed by atoms with Crippen LogP contribution in [0.3, 0.4) is 0 Å². The SMILES string of the molecule is COCC(NC(CO)c1ccccc1)c1ccccc1. The molecule has 0 aromatic heterocycles. The molecule has 2 unspecified atom stereocenters. The molecule has 3 heteroatoms. The molecule has 20 heavy (non-hydrogen) atoms. The first-order valence-corrected chi connectivity index (χ1v) is 6.81. The van der Waals surface area contributed by atoms with Crippen LogP contribution in [0, 0.1) is 0 Å². The lowest BCUT2D eigenvalue weighted by Gasteiger charge is -2.25. The van der Waals surface area contributed by atoms with Gasteiger partial charge in [-0.2, -0.15) is 0 Å². The molecule has 0 aliphatic carbocycles. The van der Waals surface area contributed by atoms with Gasteiger partial charge in [0.2, 0.25) is 0 Å². The van der Waals surface area contributed by atoms with Crippen LogP contribution in [0.4, 0.5) is 0 Å². The fourth-order valence-corrected chi connectivity index (χ4v) is 2.28. The topological polar surface area (TPSA) is 41.5 Å². The van der Waals surface area contributed by atoms with Crippen LogP contribution in [-0.2, 0) is 4.74 Å². The van der Waals surface area contributed by atoms with Gasteiger partial charge in [-0.05, 0) is 11.1 Å². The Morgan fingerprint density at radius 1 is 0.900 bits per heavy atom. The lowest BCUT2D eigenvalue weighted by atomic mass is 10.0. The zero-order valence-corrected chi connectivity index (χ0v) is 11.7. The first kappa shape index (κ1) is 14.7. The molecule has 0 aliphatic heterocycles. The second-order valence-corrected chi connectivity index (χ2v) is 4.73. The van der Waals surface area contributed by atoms with Crippen molar-refractivity contribution in [1.29, 1.82) is 0 Å². The van der Waals surface area contributed by atoms with Crippen LogP contribution in [0.1, 0.15) is 23.2 Å². The van der Waals surface area contributed by atoms with E-state index in [-0.39, 0.29) is 18.7 Å². The summed E-state index contributed by atoms with van der Waals surface area (Å²) in [4.78, 5) is 0. The van der Waals surface area contributed by atoms with Crippen LogP contribution in [0.25, 0.3) is 0 Å². The maximum Gasteiger partial charge on any atom is 0.0657 e. The number of methoxy groups -OCH3 is 1. The summed E-state index contributed by atoms with van der Waals surface area (Å²) in [5.74, 6) is 0. The molecule has 0 aliphatic rings. The molecule has 0 radical (unpaired) electrons. The minimum absolute atomic E-state index is 0.0526. The van der Waals surface area contributed by atoms with Gasteiger partial charge in [0.25, 0.3) is 0 Å². The third kappa shape index (κ3) is 3.90. The van der Waals surface area contributed by atoms with Gasteiger partial charge < -0.3 is 9.84 Å². The number of rotatable bonds is 7. The Morgan fingerprint density at radius 2 is 1.40 bits per heavy atom. The predicted octanol–water partition coefficient (Wildman–Crippen LogP) is 2.70. The normalized spacial score (nSPS) is 13.9. The number of aliphatic hydroxyl groups is 1. The molecule has 0 saturated heterocycles. The zero-order chi connectivity index (χ0) is 14.2. The van der Waals surface area contributed by atoms with Crippen molar-refractivity contribution in [1.82, 2.24) is 5.32 Å². The quantitative estimate of drug-likeness (QED) is 0.813. The summed E-state index contributed by atoms with van der Waals surface area (Å²) >= 11 is 0. The molecule has 2 aromatic carbocycles. The van der Waals surface area contributed by atoms with E-state index in [1.54, 1.807) is 7.11 Å². The Labute approximate surface area is 120 Å². The van der Waals surface area contributed by atoms with Gasteiger partial charge in [-0.25, -0.2) is 0 Å². The molecular weight excluding hydrogens is 250 g/mol. The number of hydrogen-bond acceptors (Lipinski definition) is 3. The van der Waals surface area contributed by atoms with Crippen molar-refractivity contribution >= 4 is 0 Å². The van der Waals surface area contributed by atoms with Crippen molar-refractivity contribution in [3.8, 4) is 0 Å². The summed E-state index contributed by atoms with van der Waals surface area (Å²) in [6.45, 7) is 0.615. The standard InChI is InChI=1S/C17H21NO2/c1-20-13-17(15-10-6-3-7-11-15)18-16(12-19)14-8-4-2-5-9-14/h2-11,16-19H,12-13H2,1H3. The van der Waals surface area contributed by atoms with Gasteiger partial charge >= 0.3 is 0 Å². The molecule has 2 rings (SSSR count). The number of hydrogen-bond donors (Lipinski definition) is 2. The van der Waals surface area contributed by atoms with E-state index in [0.717, 1.165) is 11.1 Å². The van der Waals surface area contributed by atoms with Crippen LogP contribution in [0.5, 0.6) is 0 Å². The lowest BCUT2D eigenvalue weighted by Crippen LogP contribution is -2.31. The largest absolute Gasteiger partial charge is 0.394 e. The van der Waals surface area contributed by atoms with Gasteiger partial charge in [0.1, 0.15) is 0 Å². The van der Waals surface area contributed by atoms with E-state index in [9.17, 15) is 5.11 Å². The van der Waals surface area contributed by atoms with Crippen molar-refractivity contribution in [2.24, 2.45) is 0 Å². The third-order valence-electron chi connectivity index (χ3n) is 3.32. The van der Waals surface area contributed by atoms with Gasteiger partial charge in [0.05, 0.1) is 25.3 Å². The van der Waals surface area contributed by atoms with E-state index < -0.39 is 0 Å². The van der Waals surface area contributed by atoms with E-state index in [1.165, 1.54) is 0 Å². The van der Waals surface area contributed by atoms with Gasteiger partial charge in [0, 0.05) is 7.11 Å². The maximum atomic E-state index is 9.64. The van der Waals surface area contributed by atoms with Gasteiger partial charge in [-0.15, -0.1) is 0 Å². The van der Waals surface area contributed by atoms with Crippen molar-refractivity contribution in [3.05, 3.63) is 71.8 Å². The Morgan fingerprint density at radius 3 is 1.85 bits per heavy atom. The maximum absolute atomic E-state index is 9.64. The second kappa shape index (κ2) is 7.80. The average molecular weight is 271 g/mol. The van der Waals surface area contributed by atoms with Crippen LogP contribution in [0.2, 0.25) is 0 Å². The highest BCUT2D eigenvalue weighted by Crippen LogP contribution is 2.19. The highest BCUT2D eigenvalue weighted by molar-refractivity contribution is 5.22. The van der Waals surface area contributed by atoms with Crippen molar-refractivity contribution in [3.63, 3.8) is 0 Å². The number of aliphatic hydroxyl groups excluding tert-OH is 1. The monoisotopic (exact) mass is 271 g/mol. The summed E-state index contributed by atoms with van der Waals surface area (Å²) in [5, 5.41) is 13.1. The smallest absolute Gasteiger partial charge is 0.0657 e. The van der Waals surface area contributed by atoms with Gasteiger partial charge in [0.15, 0.2) is 0 Å². The summed E-state index contributed by atoms with van der Waals surface area (Å²) < 4.78 is 5.30. The number of ether oxygens (including phenoxy) is 1. The predicted molar refractivity (Wildman–Crippen MR) is 80.5 cm³/mol. The molecule has 2 aromatic rings. The fraction of sp³-hybridized carbons (Fsp3) is 0.294. The summed E-state index contributed by atoms with van der Waals surface area (Å²) in [6.07, 6.45) is 0. The molecule has 0 saturated carbocycles. The third-order valence-corrected chi connectivity index (χ3v) is 3.32. The minimum Gasteiger partial charge on any atom is -0.394 e. The van der Waals surface area contributed by atoms with E-state index in [1.807, 2.05) is 48.5 Å². The molecule has 0 fully saturated rings. The van der Waals surface area contributed by atoms with E-state index >= 15 is 0 Å². The van der Waals surface area contributed by atoms with Crippen molar-refractivity contribution in [2.75, 3.05) is 20.3 Å². The van der Waals surface area contributed by atoms with Gasteiger partial charge in [-0.3, -0.25) is 5.32 Å². The Kier molecular flexibility index (Phi) is 5.74. The summed E-state index contributed by atoms with van der Waals surface area (Å²) in [6, 6.07) is 20.1. The lowest BCUT2D eigenvalue weighted by molar-refractivity contribution is 0.149. The first-order valence-electron chi connectivity index (χ1n) is 6.81.